The number of morpholine rings is 1. The zero-order chi connectivity index (χ0) is 17.8. The Hall–Kier alpha value is 0.0400. The van der Waals surface area contributed by atoms with Gasteiger partial charge < -0.3 is 9.64 Å². The number of aromatic nitrogens is 2. The molecule has 0 aromatic carbocycles. The lowest BCUT2D eigenvalue weighted by Crippen LogP contribution is -2.37. The second kappa shape index (κ2) is 8.62. The minimum absolute atomic E-state index is 0.284. The van der Waals surface area contributed by atoms with Gasteiger partial charge in [-0.3, -0.25) is 0 Å². The number of anilines is 1. The van der Waals surface area contributed by atoms with Crippen molar-refractivity contribution in [1.29, 1.82) is 0 Å². The molecule has 1 aliphatic carbocycles. The number of ether oxygens (including phenoxy) is 1. The average Bonchev–Trinajstić information content (AvgIpc) is 3.37. The van der Waals surface area contributed by atoms with Crippen molar-refractivity contribution in [1.82, 2.24) is 9.97 Å². The van der Waals surface area contributed by atoms with E-state index in [4.69, 9.17) is 16.3 Å². The molecule has 0 spiro atoms. The van der Waals surface area contributed by atoms with Crippen molar-refractivity contribution in [3.8, 4) is 0 Å². The van der Waals surface area contributed by atoms with Crippen molar-refractivity contribution in [2.75, 3.05) is 48.1 Å². The summed E-state index contributed by atoms with van der Waals surface area (Å²) in [6.45, 7) is 2.60. The van der Waals surface area contributed by atoms with Gasteiger partial charge in [0.25, 0.3) is 0 Å². The Morgan fingerprint density at radius 3 is 2.29 bits per heavy atom. The molecule has 0 amide bonds. The van der Waals surface area contributed by atoms with Crippen molar-refractivity contribution in [3.63, 3.8) is 0 Å². The minimum Gasteiger partial charge on any atom is -0.378 e. The first-order valence-electron chi connectivity index (χ1n) is 7.53. The number of hydrogen-bond acceptors (Lipinski definition) is 6. The van der Waals surface area contributed by atoms with E-state index in [1.54, 1.807) is 6.07 Å². The molecular weight excluding hydrogens is 486 g/mol. The second-order valence-corrected chi connectivity index (χ2v) is 9.92. The number of nitrogens with zero attached hydrogens (tertiary/aromatic N) is 3. The first-order valence-corrected chi connectivity index (χ1v) is 12.0. The maximum Gasteiger partial charge on any atom is 0.227 e. The Kier molecular flexibility index (Phi) is 7.31. The SMILES string of the molecule is BrCCBr.CS(=O)(=O)C1(c2cc(Cl)nc(N3CCOCC3)n2)CC1. The van der Waals surface area contributed by atoms with Gasteiger partial charge in [0, 0.05) is 30.0 Å². The molecule has 0 N–H and O–H groups in total. The Balaban J connectivity index is 0.000000471. The van der Waals surface area contributed by atoms with E-state index in [1.807, 2.05) is 4.90 Å². The number of halogens is 3. The molecule has 0 radical (unpaired) electrons. The highest BCUT2D eigenvalue weighted by Gasteiger charge is 2.55. The molecule has 1 saturated carbocycles. The maximum atomic E-state index is 12.0. The highest BCUT2D eigenvalue weighted by molar-refractivity contribution is 9.11. The molecule has 3 rings (SSSR count). The van der Waals surface area contributed by atoms with Crippen LogP contribution in [0.25, 0.3) is 0 Å². The predicted octanol–water partition coefficient (Wildman–Crippen LogP) is 2.78. The second-order valence-electron chi connectivity index (χ2n) is 5.62. The van der Waals surface area contributed by atoms with Gasteiger partial charge in [0.2, 0.25) is 5.95 Å². The molecule has 6 nitrogen and oxygen atoms in total. The van der Waals surface area contributed by atoms with Crippen molar-refractivity contribution in [2.45, 2.75) is 17.6 Å². The largest absolute Gasteiger partial charge is 0.378 e. The number of rotatable bonds is 4. The van der Waals surface area contributed by atoms with Gasteiger partial charge in [0.15, 0.2) is 9.84 Å². The van der Waals surface area contributed by atoms with Crippen LogP contribution in [0.2, 0.25) is 5.15 Å². The van der Waals surface area contributed by atoms with Crippen LogP contribution in [0.15, 0.2) is 6.07 Å². The minimum atomic E-state index is -3.20. The van der Waals surface area contributed by atoms with Crippen LogP contribution in [0.1, 0.15) is 18.5 Å². The summed E-state index contributed by atoms with van der Waals surface area (Å²) in [7, 11) is -3.20. The molecule has 10 heteroatoms. The molecule has 2 fully saturated rings. The molecule has 1 aromatic rings. The normalized spacial score (nSPS) is 19.4. The molecule has 136 valence electrons. The Labute approximate surface area is 164 Å². The number of alkyl halides is 2. The van der Waals surface area contributed by atoms with E-state index in [1.165, 1.54) is 6.26 Å². The van der Waals surface area contributed by atoms with Gasteiger partial charge in [0.05, 0.1) is 18.9 Å². The first kappa shape index (κ1) is 20.4. The van der Waals surface area contributed by atoms with Gasteiger partial charge in [0.1, 0.15) is 9.90 Å². The summed E-state index contributed by atoms with van der Waals surface area (Å²) < 4.78 is 28.4. The lowest BCUT2D eigenvalue weighted by molar-refractivity contribution is 0.122. The monoisotopic (exact) mass is 503 g/mol. The van der Waals surface area contributed by atoms with Crippen molar-refractivity contribution < 1.29 is 13.2 Å². The van der Waals surface area contributed by atoms with E-state index < -0.39 is 14.6 Å². The zero-order valence-electron chi connectivity index (χ0n) is 13.3. The third-order valence-electron chi connectivity index (χ3n) is 3.93. The number of sulfone groups is 1. The molecule has 0 atom stereocenters. The smallest absolute Gasteiger partial charge is 0.227 e. The molecule has 24 heavy (non-hydrogen) atoms. The molecule has 1 aromatic heterocycles. The summed E-state index contributed by atoms with van der Waals surface area (Å²) in [5.74, 6) is 0.491. The van der Waals surface area contributed by atoms with Gasteiger partial charge in [-0.2, -0.15) is 0 Å². The van der Waals surface area contributed by atoms with E-state index in [9.17, 15) is 8.42 Å². The predicted molar refractivity (Wildman–Crippen MR) is 103 cm³/mol. The third-order valence-corrected chi connectivity index (χ3v) is 8.02. The van der Waals surface area contributed by atoms with Crippen LogP contribution in [-0.4, -0.2) is 61.6 Å². The molecule has 1 saturated heterocycles. The van der Waals surface area contributed by atoms with E-state index in [2.05, 4.69) is 41.8 Å². The van der Waals surface area contributed by atoms with E-state index in [0.29, 0.717) is 50.8 Å². The Morgan fingerprint density at radius 1 is 1.25 bits per heavy atom. The van der Waals surface area contributed by atoms with Crippen LogP contribution in [0, 0.1) is 0 Å². The lowest BCUT2D eigenvalue weighted by atomic mass is 10.3. The fourth-order valence-electron chi connectivity index (χ4n) is 2.47. The summed E-state index contributed by atoms with van der Waals surface area (Å²) in [5.41, 5.74) is 0.515. The Bertz CT molecular complexity index is 663. The highest BCUT2D eigenvalue weighted by atomic mass is 79.9. The van der Waals surface area contributed by atoms with Crippen molar-refractivity contribution in [2.24, 2.45) is 0 Å². The van der Waals surface area contributed by atoms with Crippen LogP contribution in [-0.2, 0) is 19.3 Å². The fourth-order valence-corrected chi connectivity index (χ4v) is 3.98. The van der Waals surface area contributed by atoms with Gasteiger partial charge in [-0.05, 0) is 18.9 Å². The van der Waals surface area contributed by atoms with Gasteiger partial charge in [-0.15, -0.1) is 0 Å². The van der Waals surface area contributed by atoms with Crippen molar-refractivity contribution >= 4 is 59.2 Å². The molecular formula is C14H20Br2ClN3O3S. The van der Waals surface area contributed by atoms with E-state index >= 15 is 0 Å². The van der Waals surface area contributed by atoms with Gasteiger partial charge in [-0.1, -0.05) is 43.5 Å². The molecule has 0 unspecified atom stereocenters. The van der Waals surface area contributed by atoms with Crippen LogP contribution >= 0.6 is 43.5 Å². The standard InChI is InChI=1S/C12H16ClN3O3S.C2H4Br2/c1-20(17,18)12(2-3-12)9-8-10(13)15-11(14-9)16-4-6-19-7-5-16;3-1-2-4/h8H,2-7H2,1H3;1-2H2. The zero-order valence-corrected chi connectivity index (χ0v) is 18.1. The first-order chi connectivity index (χ1) is 11.3. The molecule has 2 aliphatic rings. The third kappa shape index (κ3) is 4.81. The molecule has 2 heterocycles. The van der Waals surface area contributed by atoms with Crippen LogP contribution in [0.4, 0.5) is 5.95 Å². The molecule has 1 aliphatic heterocycles. The molecule has 0 bridgehead atoms. The van der Waals surface area contributed by atoms with Crippen LogP contribution < -0.4 is 4.90 Å². The van der Waals surface area contributed by atoms with Crippen LogP contribution in [0.3, 0.4) is 0 Å². The number of hydrogen-bond donors (Lipinski definition) is 0. The lowest BCUT2D eigenvalue weighted by Gasteiger charge is -2.27. The van der Waals surface area contributed by atoms with Gasteiger partial charge >= 0.3 is 0 Å². The van der Waals surface area contributed by atoms with Crippen molar-refractivity contribution in [3.05, 3.63) is 16.9 Å². The summed E-state index contributed by atoms with van der Waals surface area (Å²) >= 11 is 12.5. The topological polar surface area (TPSA) is 72.4 Å². The average molecular weight is 506 g/mol. The van der Waals surface area contributed by atoms with Gasteiger partial charge in [-0.25, -0.2) is 18.4 Å². The summed E-state index contributed by atoms with van der Waals surface area (Å²) in [6.07, 6.45) is 2.45. The van der Waals surface area contributed by atoms with E-state index in [-0.39, 0.29) is 5.15 Å². The Morgan fingerprint density at radius 2 is 1.83 bits per heavy atom. The fraction of sp³-hybridized carbons (Fsp3) is 0.714. The summed E-state index contributed by atoms with van der Waals surface area (Å²) in [5, 5.41) is 2.38. The summed E-state index contributed by atoms with van der Waals surface area (Å²) in [4.78, 5) is 10.6. The van der Waals surface area contributed by atoms with E-state index in [0.717, 1.165) is 10.7 Å². The highest BCUT2D eigenvalue weighted by Crippen LogP contribution is 2.52. The maximum absolute atomic E-state index is 12.0. The van der Waals surface area contributed by atoms with Crippen LogP contribution in [0.5, 0.6) is 0 Å². The quantitative estimate of drug-likeness (QED) is 0.463. The summed E-state index contributed by atoms with van der Waals surface area (Å²) in [6, 6.07) is 1.57.